The molecule has 1 aromatic heterocycles. The van der Waals surface area contributed by atoms with Crippen LogP contribution in [0, 0.1) is 13.8 Å². The number of hydrogen-bond donors (Lipinski definition) is 2. The van der Waals surface area contributed by atoms with Crippen molar-refractivity contribution in [3.8, 4) is 10.6 Å². The van der Waals surface area contributed by atoms with Crippen LogP contribution in [-0.4, -0.2) is 34.6 Å². The number of halogens is 2. The fraction of sp³-hybridized carbons (Fsp3) is 0.400. The number of carbonyl (C=O) groups is 1. The van der Waals surface area contributed by atoms with E-state index >= 15 is 0 Å². The first-order chi connectivity index (χ1) is 10.8. The van der Waals surface area contributed by atoms with Gasteiger partial charge in [-0.15, -0.1) is 10.2 Å². The van der Waals surface area contributed by atoms with Gasteiger partial charge in [0.2, 0.25) is 11.0 Å². The van der Waals surface area contributed by atoms with Crippen LogP contribution in [0.5, 0.6) is 0 Å². The number of carbonyl (C=O) groups excluding carboxylic acids is 1. The minimum absolute atomic E-state index is 0.307. The second kappa shape index (κ2) is 5.93. The number of anilines is 1. The maximum atomic E-state index is 13.1. The molecule has 1 atom stereocenters. The number of aryl methyl sites for hydroxylation is 2. The summed E-state index contributed by atoms with van der Waals surface area (Å²) < 4.78 is 26.3. The summed E-state index contributed by atoms with van der Waals surface area (Å²) in [6.07, 6.45) is -0.498. The third kappa shape index (κ3) is 3.70. The molecule has 1 unspecified atom stereocenters. The maximum Gasteiger partial charge on any atom is 0.262 e. The van der Waals surface area contributed by atoms with Gasteiger partial charge in [-0.1, -0.05) is 28.5 Å². The average molecular weight is 338 g/mol. The molecular weight excluding hydrogens is 322 g/mol. The third-order valence-corrected chi connectivity index (χ3v) is 4.44. The second-order valence-corrected chi connectivity index (χ2v) is 6.75. The Balaban J connectivity index is 1.71. The Labute approximate surface area is 136 Å². The van der Waals surface area contributed by atoms with Gasteiger partial charge >= 0.3 is 0 Å². The molecule has 3 rings (SSSR count). The number of aromatic nitrogens is 2. The van der Waals surface area contributed by atoms with Crippen molar-refractivity contribution in [2.24, 2.45) is 0 Å². The van der Waals surface area contributed by atoms with E-state index in [9.17, 15) is 13.6 Å². The zero-order valence-electron chi connectivity index (χ0n) is 12.7. The van der Waals surface area contributed by atoms with Gasteiger partial charge in [0.15, 0.2) is 0 Å². The molecule has 122 valence electrons. The van der Waals surface area contributed by atoms with E-state index < -0.39 is 30.8 Å². The lowest BCUT2D eigenvalue weighted by Crippen LogP contribution is -2.35. The van der Waals surface area contributed by atoms with Crippen LogP contribution in [0.15, 0.2) is 18.2 Å². The molecule has 2 N–H and O–H groups in total. The normalized spacial score (nSPS) is 19.7. The minimum Gasteiger partial charge on any atom is -0.300 e. The second-order valence-electron chi connectivity index (χ2n) is 5.77. The summed E-state index contributed by atoms with van der Waals surface area (Å²) >= 11 is 1.22. The fourth-order valence-corrected chi connectivity index (χ4v) is 3.32. The molecule has 8 heteroatoms. The van der Waals surface area contributed by atoms with Gasteiger partial charge in [0.1, 0.15) is 5.01 Å². The number of amides is 1. The highest BCUT2D eigenvalue weighted by Gasteiger charge is 2.42. The van der Waals surface area contributed by atoms with Crippen molar-refractivity contribution < 1.29 is 13.6 Å². The SMILES string of the molecule is Cc1cc(C)cc(-c2nnc(NC(=O)C3CC(F)(F)CN3)s2)c1. The highest BCUT2D eigenvalue weighted by atomic mass is 32.1. The molecule has 1 saturated heterocycles. The number of benzene rings is 1. The molecule has 0 bridgehead atoms. The van der Waals surface area contributed by atoms with Crippen LogP contribution in [-0.2, 0) is 4.79 Å². The lowest BCUT2D eigenvalue weighted by Gasteiger charge is -2.08. The van der Waals surface area contributed by atoms with Crippen molar-refractivity contribution in [1.29, 1.82) is 0 Å². The van der Waals surface area contributed by atoms with Gasteiger partial charge in [0.25, 0.3) is 5.92 Å². The minimum atomic E-state index is -2.84. The molecule has 1 aromatic carbocycles. The van der Waals surface area contributed by atoms with Gasteiger partial charge in [-0.25, -0.2) is 8.78 Å². The summed E-state index contributed by atoms with van der Waals surface area (Å²) in [5, 5.41) is 14.0. The van der Waals surface area contributed by atoms with Crippen LogP contribution in [0.4, 0.5) is 13.9 Å². The fourth-order valence-electron chi connectivity index (χ4n) is 2.58. The maximum absolute atomic E-state index is 13.1. The van der Waals surface area contributed by atoms with Crippen LogP contribution in [0.25, 0.3) is 10.6 Å². The smallest absolute Gasteiger partial charge is 0.262 e. The molecule has 5 nitrogen and oxygen atoms in total. The van der Waals surface area contributed by atoms with E-state index in [4.69, 9.17) is 0 Å². The van der Waals surface area contributed by atoms with Crippen molar-refractivity contribution in [3.05, 3.63) is 29.3 Å². The summed E-state index contributed by atoms with van der Waals surface area (Å²) in [5.74, 6) is -3.35. The number of rotatable bonds is 3. The van der Waals surface area contributed by atoms with Crippen molar-refractivity contribution in [2.45, 2.75) is 32.2 Å². The first kappa shape index (κ1) is 15.9. The summed E-state index contributed by atoms with van der Waals surface area (Å²) in [6.45, 7) is 3.51. The van der Waals surface area contributed by atoms with E-state index in [0.717, 1.165) is 16.7 Å². The molecule has 23 heavy (non-hydrogen) atoms. The van der Waals surface area contributed by atoms with Crippen LogP contribution >= 0.6 is 11.3 Å². The van der Waals surface area contributed by atoms with E-state index in [1.54, 1.807) is 0 Å². The molecule has 0 aliphatic carbocycles. The van der Waals surface area contributed by atoms with Gasteiger partial charge in [0.05, 0.1) is 12.6 Å². The molecule has 1 amide bonds. The molecule has 1 aliphatic heterocycles. The van der Waals surface area contributed by atoms with Crippen molar-refractivity contribution >= 4 is 22.4 Å². The van der Waals surface area contributed by atoms with Gasteiger partial charge in [-0.3, -0.25) is 15.4 Å². The Morgan fingerprint density at radius 3 is 2.61 bits per heavy atom. The van der Waals surface area contributed by atoms with E-state index in [-0.39, 0.29) is 0 Å². The molecule has 1 fully saturated rings. The summed E-state index contributed by atoms with van der Waals surface area (Å²) in [6, 6.07) is 5.12. The number of nitrogens with one attached hydrogen (secondary N) is 2. The molecule has 2 aromatic rings. The predicted octanol–water partition coefficient (Wildman–Crippen LogP) is 2.76. The zero-order valence-corrected chi connectivity index (χ0v) is 13.5. The quantitative estimate of drug-likeness (QED) is 0.903. The van der Waals surface area contributed by atoms with Crippen molar-refractivity contribution in [2.75, 3.05) is 11.9 Å². The number of nitrogens with zero attached hydrogens (tertiary/aromatic N) is 2. The first-order valence-electron chi connectivity index (χ1n) is 7.17. The van der Waals surface area contributed by atoms with Gasteiger partial charge < -0.3 is 0 Å². The Kier molecular flexibility index (Phi) is 4.11. The van der Waals surface area contributed by atoms with Crippen LogP contribution in [0.3, 0.4) is 0 Å². The Morgan fingerprint density at radius 1 is 1.30 bits per heavy atom. The van der Waals surface area contributed by atoms with Gasteiger partial charge in [-0.05, 0) is 26.0 Å². The molecule has 0 radical (unpaired) electrons. The van der Waals surface area contributed by atoms with Gasteiger partial charge in [-0.2, -0.15) is 0 Å². The monoisotopic (exact) mass is 338 g/mol. The van der Waals surface area contributed by atoms with Crippen LogP contribution in [0.2, 0.25) is 0 Å². The average Bonchev–Trinajstić information content (AvgIpc) is 3.04. The summed E-state index contributed by atoms with van der Waals surface area (Å²) in [4.78, 5) is 12.0. The molecular formula is C15H16F2N4OS. The van der Waals surface area contributed by atoms with E-state index in [2.05, 4.69) is 26.9 Å². The molecule has 1 aliphatic rings. The van der Waals surface area contributed by atoms with Crippen LogP contribution in [0.1, 0.15) is 17.5 Å². The number of hydrogen-bond acceptors (Lipinski definition) is 5. The Morgan fingerprint density at radius 2 is 2.00 bits per heavy atom. The lowest BCUT2D eigenvalue weighted by atomic mass is 10.1. The van der Waals surface area contributed by atoms with Crippen LogP contribution < -0.4 is 10.6 Å². The predicted molar refractivity (Wildman–Crippen MR) is 84.8 cm³/mol. The molecule has 0 spiro atoms. The molecule has 2 heterocycles. The highest BCUT2D eigenvalue weighted by molar-refractivity contribution is 7.18. The van der Waals surface area contributed by atoms with E-state index in [1.807, 2.05) is 26.0 Å². The first-order valence-corrected chi connectivity index (χ1v) is 7.98. The van der Waals surface area contributed by atoms with Gasteiger partial charge in [0, 0.05) is 12.0 Å². The summed E-state index contributed by atoms with van der Waals surface area (Å²) in [7, 11) is 0. The van der Waals surface area contributed by atoms with E-state index in [0.29, 0.717) is 10.1 Å². The Hall–Kier alpha value is -1.93. The molecule has 0 saturated carbocycles. The third-order valence-electron chi connectivity index (χ3n) is 3.55. The topological polar surface area (TPSA) is 66.9 Å². The lowest BCUT2D eigenvalue weighted by molar-refractivity contribution is -0.118. The summed E-state index contributed by atoms with van der Waals surface area (Å²) in [5.41, 5.74) is 3.14. The van der Waals surface area contributed by atoms with Crippen molar-refractivity contribution in [3.63, 3.8) is 0 Å². The highest BCUT2D eigenvalue weighted by Crippen LogP contribution is 2.29. The van der Waals surface area contributed by atoms with Crippen molar-refractivity contribution in [1.82, 2.24) is 15.5 Å². The largest absolute Gasteiger partial charge is 0.300 e. The standard InChI is InChI=1S/C15H16F2N4OS/c1-8-3-9(2)5-10(4-8)13-20-21-14(23-13)19-12(22)11-6-15(16,17)7-18-11/h3-5,11,18H,6-7H2,1-2H3,(H,19,21,22). The zero-order chi connectivity index (χ0) is 16.6. The Bertz CT molecular complexity index is 727. The van der Waals surface area contributed by atoms with E-state index in [1.165, 1.54) is 11.3 Å². The number of alkyl halides is 2.